The fraction of sp³-hybridized carbons (Fsp3) is 0.143. The molecule has 0 amide bonds. The first-order chi connectivity index (χ1) is 30.0. The van der Waals surface area contributed by atoms with Gasteiger partial charge in [0.25, 0.3) is 0 Å². The van der Waals surface area contributed by atoms with Crippen molar-refractivity contribution < 1.29 is 25.5 Å². The van der Waals surface area contributed by atoms with E-state index in [1.165, 1.54) is 11.1 Å². The van der Waals surface area contributed by atoms with E-state index in [0.29, 0.717) is 0 Å². The van der Waals surface area contributed by atoms with Crippen molar-refractivity contribution in [3.05, 3.63) is 169 Å². The molecule has 5 aromatic heterocycles. The standard InChI is InChI=1S/C56H43N5O.Pt/c1-55(2,3)34-22-24-36(25-23-34)60-48-30-35(56(4,5)6)29-42(53(48)59-54(60)41-17-13-16-40-37-14-7-9-18-45(37)58-52(40)41)33-21-26-38-43-31-44-39-15-8-10-19-49(39)62-50(44)32-47(43)61(46(38)28-33)51-20-11-12-27-57-51;/h7-27,29-32H,1-6H3;/q-2;+2. The van der Waals surface area contributed by atoms with Crippen LogP contribution in [-0.2, 0) is 31.9 Å². The molecule has 0 aliphatic carbocycles. The number of nitrogens with zero attached hydrogens (tertiary/aromatic N) is 5. The fourth-order valence-corrected chi connectivity index (χ4v) is 9.39. The number of para-hydroxylation sites is 3. The largest absolute Gasteiger partial charge is 2.00 e. The number of hydrogen-bond acceptors (Lipinski definition) is 3. The maximum atomic E-state index is 6.43. The van der Waals surface area contributed by atoms with Crippen molar-refractivity contribution in [2.45, 2.75) is 52.4 Å². The van der Waals surface area contributed by atoms with Crippen LogP contribution in [0.15, 0.2) is 156 Å². The van der Waals surface area contributed by atoms with Crippen molar-refractivity contribution in [3.63, 3.8) is 0 Å². The Morgan fingerprint density at radius 2 is 1.30 bits per heavy atom. The molecule has 0 saturated heterocycles. The van der Waals surface area contributed by atoms with Crippen LogP contribution >= 0.6 is 0 Å². The Labute approximate surface area is 379 Å². The summed E-state index contributed by atoms with van der Waals surface area (Å²) < 4.78 is 11.0. The average Bonchev–Trinajstić information content (AvgIpc) is 4.03. The van der Waals surface area contributed by atoms with Crippen molar-refractivity contribution >= 4 is 76.6 Å². The second-order valence-corrected chi connectivity index (χ2v) is 18.7. The summed E-state index contributed by atoms with van der Waals surface area (Å²) in [5.41, 5.74) is 13.9. The number of hydrogen-bond donors (Lipinski definition) is 0. The summed E-state index contributed by atoms with van der Waals surface area (Å²) in [6, 6.07) is 55.7. The summed E-state index contributed by atoms with van der Waals surface area (Å²) in [5, 5.41) is 6.67. The molecule has 0 N–H and O–H groups in total. The smallest absolute Gasteiger partial charge is 0.656 e. The summed E-state index contributed by atoms with van der Waals surface area (Å²) in [4.78, 5) is 15.8. The van der Waals surface area contributed by atoms with E-state index in [-0.39, 0.29) is 31.9 Å². The van der Waals surface area contributed by atoms with Crippen molar-refractivity contribution in [1.29, 1.82) is 0 Å². The second kappa shape index (κ2) is 14.1. The monoisotopic (exact) mass is 996 g/mol. The third-order valence-electron chi connectivity index (χ3n) is 12.7. The van der Waals surface area contributed by atoms with Crippen LogP contribution in [0, 0.1) is 6.07 Å². The molecular weight excluding hydrogens is 954 g/mol. The normalized spacial score (nSPS) is 12.5. The molecule has 7 heteroatoms. The Morgan fingerprint density at radius 1 is 0.556 bits per heavy atom. The van der Waals surface area contributed by atoms with E-state index in [1.54, 1.807) is 0 Å². The summed E-state index contributed by atoms with van der Waals surface area (Å²) in [7, 11) is 0. The van der Waals surface area contributed by atoms with Gasteiger partial charge in [-0.2, -0.15) is 0 Å². The second-order valence-electron chi connectivity index (χ2n) is 18.7. The first-order valence-corrected chi connectivity index (χ1v) is 21.4. The SMILES string of the molecule is CC(C)(C)c1ccc(-n2c(-c3cccc4c3[n-]c3ccccc34)nc3c(-c4[c-]c5c(cc4)c4cc6c(cc4n5-c4ccccn4)oc4ccccc46)cc(C(C)(C)C)cc32)cc1.[Pt+2]. The molecule has 0 aliphatic heterocycles. The molecular formula is C56H43N5OPt. The predicted octanol–water partition coefficient (Wildman–Crippen LogP) is 14.4. The van der Waals surface area contributed by atoms with Gasteiger partial charge in [-0.25, -0.2) is 9.97 Å². The average molecular weight is 997 g/mol. The van der Waals surface area contributed by atoms with Crippen molar-refractivity contribution in [2.24, 2.45) is 0 Å². The maximum Gasteiger partial charge on any atom is 2.00 e. The van der Waals surface area contributed by atoms with Gasteiger partial charge < -0.3 is 14.0 Å². The summed E-state index contributed by atoms with van der Waals surface area (Å²) in [6.07, 6.45) is 1.85. The van der Waals surface area contributed by atoms with Gasteiger partial charge in [0.2, 0.25) is 0 Å². The molecule has 0 unspecified atom stereocenters. The molecule has 12 rings (SSSR count). The Kier molecular flexibility index (Phi) is 8.78. The minimum absolute atomic E-state index is 0. The zero-order chi connectivity index (χ0) is 42.1. The third kappa shape index (κ3) is 6.10. The quantitative estimate of drug-likeness (QED) is 0.165. The van der Waals surface area contributed by atoms with Gasteiger partial charge in [-0.3, -0.25) is 4.57 Å². The van der Waals surface area contributed by atoms with Crippen LogP contribution < -0.4 is 4.98 Å². The van der Waals surface area contributed by atoms with Crippen LogP contribution in [-0.4, -0.2) is 19.1 Å². The first kappa shape index (κ1) is 39.1. The minimum Gasteiger partial charge on any atom is -0.656 e. The molecule has 0 aliphatic rings. The first-order valence-electron chi connectivity index (χ1n) is 21.4. The number of imidazole rings is 1. The van der Waals surface area contributed by atoms with Gasteiger partial charge in [0.1, 0.15) is 22.8 Å². The molecule has 0 saturated carbocycles. The zero-order valence-electron chi connectivity index (χ0n) is 35.9. The predicted molar refractivity (Wildman–Crippen MR) is 256 cm³/mol. The maximum absolute atomic E-state index is 6.43. The van der Waals surface area contributed by atoms with Crippen molar-refractivity contribution in [3.8, 4) is 34.0 Å². The number of rotatable bonds is 4. The topological polar surface area (TPSA) is 62.9 Å². The number of aromatic nitrogens is 5. The molecule has 63 heavy (non-hydrogen) atoms. The van der Waals surface area contributed by atoms with E-state index in [2.05, 4.69) is 178 Å². The van der Waals surface area contributed by atoms with Crippen LogP contribution in [0.2, 0.25) is 0 Å². The van der Waals surface area contributed by atoms with Crippen LogP contribution in [0.1, 0.15) is 52.7 Å². The van der Waals surface area contributed by atoms with Crippen LogP contribution in [0.25, 0.3) is 111 Å². The fourth-order valence-electron chi connectivity index (χ4n) is 9.39. The summed E-state index contributed by atoms with van der Waals surface area (Å²) in [6.45, 7) is 13.6. The molecule has 0 atom stereocenters. The van der Waals surface area contributed by atoms with Gasteiger partial charge in [-0.1, -0.05) is 137 Å². The Hall–Kier alpha value is -6.75. The molecule has 0 radical (unpaired) electrons. The van der Waals surface area contributed by atoms with E-state index in [9.17, 15) is 0 Å². The van der Waals surface area contributed by atoms with E-state index in [4.69, 9.17) is 19.4 Å². The van der Waals surface area contributed by atoms with Crippen LogP contribution in [0.5, 0.6) is 0 Å². The van der Waals surface area contributed by atoms with Crippen LogP contribution in [0.4, 0.5) is 0 Å². The molecule has 12 aromatic rings. The molecule has 7 aromatic carbocycles. The Balaban J connectivity index is 0.00000444. The van der Waals surface area contributed by atoms with Gasteiger partial charge in [0.05, 0.1) is 11.0 Å². The molecule has 5 heterocycles. The number of furan rings is 1. The van der Waals surface area contributed by atoms with E-state index in [1.807, 2.05) is 30.5 Å². The Bertz CT molecular complexity index is 3760. The van der Waals surface area contributed by atoms with Gasteiger partial charge in [-0.05, 0) is 86.1 Å². The van der Waals surface area contributed by atoms with Crippen molar-refractivity contribution in [2.75, 3.05) is 0 Å². The number of benzene rings is 7. The third-order valence-corrected chi connectivity index (χ3v) is 12.7. The molecule has 0 fully saturated rings. The van der Waals surface area contributed by atoms with E-state index < -0.39 is 0 Å². The number of fused-ring (bicyclic) bond motifs is 10. The van der Waals surface area contributed by atoms with Gasteiger partial charge in [0.15, 0.2) is 0 Å². The van der Waals surface area contributed by atoms with E-state index >= 15 is 0 Å². The Morgan fingerprint density at radius 3 is 2.08 bits per heavy atom. The summed E-state index contributed by atoms with van der Waals surface area (Å²) in [5.74, 6) is 1.67. The van der Waals surface area contributed by atoms with Gasteiger partial charge in [0, 0.05) is 39.8 Å². The molecule has 308 valence electrons. The minimum atomic E-state index is -0.164. The van der Waals surface area contributed by atoms with Crippen molar-refractivity contribution in [1.82, 2.24) is 24.1 Å². The van der Waals surface area contributed by atoms with Gasteiger partial charge >= 0.3 is 21.1 Å². The molecule has 0 bridgehead atoms. The van der Waals surface area contributed by atoms with E-state index in [0.717, 1.165) is 111 Å². The molecule has 0 spiro atoms. The molecule has 6 nitrogen and oxygen atoms in total. The zero-order valence-corrected chi connectivity index (χ0v) is 38.2. The number of pyridine rings is 1. The van der Waals surface area contributed by atoms with Crippen LogP contribution in [0.3, 0.4) is 0 Å². The summed E-state index contributed by atoms with van der Waals surface area (Å²) >= 11 is 0. The van der Waals surface area contributed by atoms with Gasteiger partial charge in [-0.15, -0.1) is 34.8 Å².